The molecule has 0 aromatic heterocycles. The van der Waals surface area contributed by atoms with Crippen LogP contribution in [0.5, 0.6) is 0 Å². The third-order valence-corrected chi connectivity index (χ3v) is 3.36. The molecule has 1 heteroatoms. The van der Waals surface area contributed by atoms with Gasteiger partial charge in [-0.05, 0) is 18.8 Å². The van der Waals surface area contributed by atoms with Crippen molar-refractivity contribution < 1.29 is 4.39 Å². The molecule has 0 saturated carbocycles. The molecule has 0 spiro atoms. The third kappa shape index (κ3) is 2.46. The van der Waals surface area contributed by atoms with Crippen LogP contribution in [0.3, 0.4) is 0 Å². The first kappa shape index (κ1) is 11.9. The van der Waals surface area contributed by atoms with Crippen LogP contribution < -0.4 is 0 Å². The van der Waals surface area contributed by atoms with Crippen LogP contribution in [0.1, 0.15) is 53.9 Å². The average molecular weight is 174 g/mol. The lowest BCUT2D eigenvalue weighted by Crippen LogP contribution is -2.35. The fourth-order valence-electron chi connectivity index (χ4n) is 1.89. The van der Waals surface area contributed by atoms with Gasteiger partial charge in [0.05, 0.1) is 0 Å². The minimum absolute atomic E-state index is 0.183. The highest BCUT2D eigenvalue weighted by Gasteiger charge is 2.36. The summed E-state index contributed by atoms with van der Waals surface area (Å²) in [6.45, 7) is 9.99. The number of halogens is 1. The summed E-state index contributed by atoms with van der Waals surface area (Å²) in [5.74, 6) is 0.412. The Morgan fingerprint density at radius 3 is 1.75 bits per heavy atom. The second kappa shape index (κ2) is 4.84. The summed E-state index contributed by atoms with van der Waals surface area (Å²) >= 11 is 0. The summed E-state index contributed by atoms with van der Waals surface area (Å²) in [6, 6.07) is 0. The Hall–Kier alpha value is -0.0700. The van der Waals surface area contributed by atoms with E-state index in [2.05, 4.69) is 20.8 Å². The summed E-state index contributed by atoms with van der Waals surface area (Å²) in [6.07, 6.45) is 2.84. The van der Waals surface area contributed by atoms with Crippen molar-refractivity contribution in [2.45, 2.75) is 59.5 Å². The zero-order valence-electron chi connectivity index (χ0n) is 9.15. The Kier molecular flexibility index (Phi) is 4.81. The van der Waals surface area contributed by atoms with Crippen molar-refractivity contribution in [3.63, 3.8) is 0 Å². The molecular weight excluding hydrogens is 151 g/mol. The van der Waals surface area contributed by atoms with E-state index in [1.807, 2.05) is 6.92 Å². The Morgan fingerprint density at radius 1 is 1.08 bits per heavy atom. The molecule has 0 saturated heterocycles. The van der Waals surface area contributed by atoms with Crippen LogP contribution in [0.25, 0.3) is 0 Å². The van der Waals surface area contributed by atoms with Gasteiger partial charge in [-0.15, -0.1) is 0 Å². The highest BCUT2D eigenvalue weighted by atomic mass is 19.1. The van der Waals surface area contributed by atoms with E-state index >= 15 is 0 Å². The Morgan fingerprint density at radius 2 is 1.50 bits per heavy atom. The normalized spacial score (nSPS) is 19.2. The molecule has 0 bridgehead atoms. The van der Waals surface area contributed by atoms with Crippen molar-refractivity contribution in [1.82, 2.24) is 0 Å². The number of hydrogen-bond acceptors (Lipinski definition) is 0. The van der Waals surface area contributed by atoms with Crippen molar-refractivity contribution in [2.75, 3.05) is 0 Å². The van der Waals surface area contributed by atoms with E-state index in [1.165, 1.54) is 0 Å². The molecule has 0 radical (unpaired) electrons. The zero-order chi connectivity index (χ0) is 9.78. The lowest BCUT2D eigenvalue weighted by molar-refractivity contribution is 0.0351. The predicted octanol–water partition coefficient (Wildman–Crippen LogP) is 4.20. The summed E-state index contributed by atoms with van der Waals surface area (Å²) in [4.78, 5) is 0. The third-order valence-electron chi connectivity index (χ3n) is 3.36. The smallest absolute Gasteiger partial charge is 0.113 e. The van der Waals surface area contributed by atoms with E-state index in [0.29, 0.717) is 0 Å². The molecule has 0 aromatic carbocycles. The molecule has 0 heterocycles. The summed E-state index contributed by atoms with van der Waals surface area (Å²) in [7, 11) is 0. The lowest BCUT2D eigenvalue weighted by Gasteiger charge is -2.34. The SMILES string of the molecule is CCC(C)[C@](C)(F)C(CC)CC. The molecule has 0 rings (SSSR count). The highest BCUT2D eigenvalue weighted by Crippen LogP contribution is 2.36. The molecule has 12 heavy (non-hydrogen) atoms. The van der Waals surface area contributed by atoms with E-state index in [0.717, 1.165) is 19.3 Å². The van der Waals surface area contributed by atoms with Gasteiger partial charge in [-0.1, -0.05) is 47.0 Å². The maximum absolute atomic E-state index is 14.1. The van der Waals surface area contributed by atoms with E-state index in [-0.39, 0.29) is 11.8 Å². The van der Waals surface area contributed by atoms with Gasteiger partial charge in [0.1, 0.15) is 5.67 Å². The standard InChI is InChI=1S/C11H23F/c1-6-9(4)11(5,12)10(7-2)8-3/h9-10H,6-8H2,1-5H3/t9?,11-/m0/s1. The fourth-order valence-corrected chi connectivity index (χ4v) is 1.89. The van der Waals surface area contributed by atoms with Gasteiger partial charge in [0.2, 0.25) is 0 Å². The second-order valence-electron chi connectivity index (χ2n) is 3.97. The van der Waals surface area contributed by atoms with Gasteiger partial charge in [-0.2, -0.15) is 0 Å². The predicted molar refractivity (Wildman–Crippen MR) is 53.0 cm³/mol. The van der Waals surface area contributed by atoms with E-state index < -0.39 is 5.67 Å². The van der Waals surface area contributed by atoms with Crippen LogP contribution in [0.15, 0.2) is 0 Å². The maximum atomic E-state index is 14.1. The van der Waals surface area contributed by atoms with E-state index in [9.17, 15) is 4.39 Å². The molecule has 0 aliphatic carbocycles. The molecule has 0 fully saturated rings. The molecule has 2 atom stereocenters. The van der Waals surface area contributed by atoms with Crippen LogP contribution in [-0.4, -0.2) is 5.67 Å². The van der Waals surface area contributed by atoms with Crippen LogP contribution >= 0.6 is 0 Å². The molecule has 0 amide bonds. The van der Waals surface area contributed by atoms with Crippen molar-refractivity contribution in [2.24, 2.45) is 11.8 Å². The minimum Gasteiger partial charge on any atom is -0.244 e. The van der Waals surface area contributed by atoms with Gasteiger partial charge in [0, 0.05) is 0 Å². The summed E-state index contributed by atoms with van der Waals surface area (Å²) < 4.78 is 14.1. The molecule has 0 aliphatic heterocycles. The first-order valence-corrected chi connectivity index (χ1v) is 5.19. The Bertz CT molecular complexity index is 114. The Balaban J connectivity index is 4.33. The molecule has 74 valence electrons. The molecule has 0 aliphatic rings. The van der Waals surface area contributed by atoms with Crippen molar-refractivity contribution in [3.8, 4) is 0 Å². The van der Waals surface area contributed by atoms with Crippen molar-refractivity contribution in [3.05, 3.63) is 0 Å². The Labute approximate surface area is 76.6 Å². The largest absolute Gasteiger partial charge is 0.244 e. The van der Waals surface area contributed by atoms with Gasteiger partial charge in [-0.25, -0.2) is 4.39 Å². The maximum Gasteiger partial charge on any atom is 0.113 e. The van der Waals surface area contributed by atoms with Crippen LogP contribution in [0.4, 0.5) is 4.39 Å². The molecule has 1 unspecified atom stereocenters. The molecule has 0 aromatic rings. The van der Waals surface area contributed by atoms with Crippen LogP contribution in [-0.2, 0) is 0 Å². The molecule has 0 nitrogen and oxygen atoms in total. The zero-order valence-corrected chi connectivity index (χ0v) is 9.15. The van der Waals surface area contributed by atoms with Gasteiger partial charge >= 0.3 is 0 Å². The number of alkyl halides is 1. The second-order valence-corrected chi connectivity index (χ2v) is 3.97. The van der Waals surface area contributed by atoms with E-state index in [4.69, 9.17) is 0 Å². The topological polar surface area (TPSA) is 0 Å². The molecule has 0 N–H and O–H groups in total. The van der Waals surface area contributed by atoms with Gasteiger partial charge in [0.15, 0.2) is 0 Å². The first-order chi connectivity index (χ1) is 5.50. The highest BCUT2D eigenvalue weighted by molar-refractivity contribution is 4.85. The van der Waals surface area contributed by atoms with Gasteiger partial charge in [-0.3, -0.25) is 0 Å². The van der Waals surface area contributed by atoms with Gasteiger partial charge < -0.3 is 0 Å². The molecular formula is C11H23F. The number of hydrogen-bond donors (Lipinski definition) is 0. The lowest BCUT2D eigenvalue weighted by atomic mass is 9.77. The van der Waals surface area contributed by atoms with Crippen molar-refractivity contribution in [1.29, 1.82) is 0 Å². The van der Waals surface area contributed by atoms with Crippen LogP contribution in [0.2, 0.25) is 0 Å². The van der Waals surface area contributed by atoms with E-state index in [1.54, 1.807) is 6.92 Å². The first-order valence-electron chi connectivity index (χ1n) is 5.19. The van der Waals surface area contributed by atoms with Crippen LogP contribution in [0, 0.1) is 11.8 Å². The monoisotopic (exact) mass is 174 g/mol. The quantitative estimate of drug-likeness (QED) is 0.586. The summed E-state index contributed by atoms with van der Waals surface area (Å²) in [5.41, 5.74) is -0.974. The van der Waals surface area contributed by atoms with Gasteiger partial charge in [0.25, 0.3) is 0 Å². The minimum atomic E-state index is -0.974. The fraction of sp³-hybridized carbons (Fsp3) is 1.00. The average Bonchev–Trinajstić information content (AvgIpc) is 2.04. The number of rotatable bonds is 5. The summed E-state index contributed by atoms with van der Waals surface area (Å²) in [5, 5.41) is 0. The van der Waals surface area contributed by atoms with Crippen molar-refractivity contribution >= 4 is 0 Å².